The van der Waals surface area contributed by atoms with Crippen LogP contribution in [0.1, 0.15) is 16.7 Å². The van der Waals surface area contributed by atoms with E-state index in [0.29, 0.717) is 0 Å². The first-order valence-electron chi connectivity index (χ1n) is 8.08. The molecule has 0 saturated carbocycles. The summed E-state index contributed by atoms with van der Waals surface area (Å²) in [4.78, 5) is 4.72. The third-order valence-corrected chi connectivity index (χ3v) is 4.62. The van der Waals surface area contributed by atoms with Crippen LogP contribution in [0.4, 0.5) is 5.69 Å². The van der Waals surface area contributed by atoms with E-state index in [0.717, 1.165) is 18.5 Å². The number of hydrogen-bond acceptors (Lipinski definition) is 1. The van der Waals surface area contributed by atoms with Crippen LogP contribution in [0.3, 0.4) is 0 Å². The first-order valence-corrected chi connectivity index (χ1v) is 8.08. The summed E-state index contributed by atoms with van der Waals surface area (Å²) in [6, 6.07) is 30.0. The Labute approximate surface area is 137 Å². The number of fused-ring (bicyclic) bond motifs is 1. The molecule has 0 atom stereocenters. The highest BCUT2D eigenvalue weighted by Crippen LogP contribution is 2.41. The Hall–Kier alpha value is -2.67. The van der Waals surface area contributed by atoms with Crippen molar-refractivity contribution in [2.45, 2.75) is 18.3 Å². The molecule has 23 heavy (non-hydrogen) atoms. The summed E-state index contributed by atoms with van der Waals surface area (Å²) < 4.78 is 0. The number of rotatable bonds is 4. The molecule has 0 amide bonds. The molecule has 1 heterocycles. The van der Waals surface area contributed by atoms with Crippen molar-refractivity contribution in [2.75, 3.05) is 0 Å². The van der Waals surface area contributed by atoms with Gasteiger partial charge in [0, 0.05) is 11.6 Å². The van der Waals surface area contributed by atoms with Gasteiger partial charge < -0.3 is 0 Å². The average Bonchev–Trinajstić information content (AvgIpc) is 2.96. The van der Waals surface area contributed by atoms with Crippen LogP contribution in [0.2, 0.25) is 0 Å². The Kier molecular flexibility index (Phi) is 3.55. The molecule has 0 aliphatic carbocycles. The van der Waals surface area contributed by atoms with Gasteiger partial charge in [-0.3, -0.25) is 4.99 Å². The standard InChI is InChI=1S/C22H19N/c1-3-9-18(10-4-1)15-22(16-19-11-5-2-6-12-19)17-23-21-14-8-7-13-20(21)22/h1-14,17H,15-16H2. The molecule has 0 N–H and O–H groups in total. The lowest BCUT2D eigenvalue weighted by molar-refractivity contribution is 0.589. The molecule has 1 aliphatic rings. The van der Waals surface area contributed by atoms with Crippen LogP contribution in [0.5, 0.6) is 0 Å². The number of aliphatic imine (C=N–C) groups is 1. The van der Waals surface area contributed by atoms with E-state index in [1.165, 1.54) is 16.7 Å². The van der Waals surface area contributed by atoms with E-state index in [1.807, 2.05) is 0 Å². The van der Waals surface area contributed by atoms with Crippen molar-refractivity contribution in [3.8, 4) is 0 Å². The maximum absolute atomic E-state index is 4.72. The molecule has 0 fully saturated rings. The number of benzene rings is 3. The van der Waals surface area contributed by atoms with Crippen molar-refractivity contribution in [1.29, 1.82) is 0 Å². The maximum atomic E-state index is 4.72. The summed E-state index contributed by atoms with van der Waals surface area (Å²) in [5.74, 6) is 0. The van der Waals surface area contributed by atoms with Crippen molar-refractivity contribution in [3.63, 3.8) is 0 Å². The molecule has 3 aromatic rings. The molecule has 1 heteroatoms. The monoisotopic (exact) mass is 297 g/mol. The summed E-state index contributed by atoms with van der Waals surface area (Å²) >= 11 is 0. The second kappa shape index (κ2) is 5.85. The second-order valence-corrected chi connectivity index (χ2v) is 6.26. The molecule has 0 aromatic heterocycles. The molecular weight excluding hydrogens is 278 g/mol. The third kappa shape index (κ3) is 2.70. The largest absolute Gasteiger partial charge is 0.260 e. The summed E-state index contributed by atoms with van der Waals surface area (Å²) in [5, 5.41) is 0. The predicted molar refractivity (Wildman–Crippen MR) is 96.6 cm³/mol. The number of hydrogen-bond donors (Lipinski definition) is 0. The Balaban J connectivity index is 1.77. The fourth-order valence-corrected chi connectivity index (χ4v) is 3.53. The molecule has 0 bridgehead atoms. The zero-order chi connectivity index (χ0) is 15.5. The van der Waals surface area contributed by atoms with Gasteiger partial charge in [-0.1, -0.05) is 78.9 Å². The molecule has 0 radical (unpaired) electrons. The van der Waals surface area contributed by atoms with E-state index in [2.05, 4.69) is 91.1 Å². The Morgan fingerprint density at radius 2 is 1.13 bits per heavy atom. The van der Waals surface area contributed by atoms with Gasteiger partial charge in [0.15, 0.2) is 0 Å². The van der Waals surface area contributed by atoms with Crippen molar-refractivity contribution in [2.24, 2.45) is 4.99 Å². The zero-order valence-corrected chi connectivity index (χ0v) is 13.0. The van der Waals surface area contributed by atoms with Crippen LogP contribution in [0.15, 0.2) is 89.9 Å². The molecule has 4 rings (SSSR count). The van der Waals surface area contributed by atoms with Crippen LogP contribution < -0.4 is 0 Å². The SMILES string of the molecule is C1=Nc2ccccc2C1(Cc1ccccc1)Cc1ccccc1. The van der Waals surface area contributed by atoms with Crippen LogP contribution in [0.25, 0.3) is 0 Å². The van der Waals surface area contributed by atoms with Gasteiger partial charge in [-0.05, 0) is 35.6 Å². The molecule has 1 aliphatic heterocycles. The van der Waals surface area contributed by atoms with Crippen molar-refractivity contribution < 1.29 is 0 Å². The Bertz CT molecular complexity index is 777. The highest BCUT2D eigenvalue weighted by Gasteiger charge is 2.36. The topological polar surface area (TPSA) is 12.4 Å². The fraction of sp³-hybridized carbons (Fsp3) is 0.136. The highest BCUT2D eigenvalue weighted by molar-refractivity contribution is 5.86. The average molecular weight is 297 g/mol. The summed E-state index contributed by atoms with van der Waals surface area (Å²) in [6.07, 6.45) is 4.12. The first kappa shape index (κ1) is 14.0. The van der Waals surface area contributed by atoms with E-state index in [1.54, 1.807) is 0 Å². The fourth-order valence-electron chi connectivity index (χ4n) is 3.53. The second-order valence-electron chi connectivity index (χ2n) is 6.26. The van der Waals surface area contributed by atoms with Gasteiger partial charge in [-0.2, -0.15) is 0 Å². The lowest BCUT2D eigenvalue weighted by Crippen LogP contribution is -2.31. The number of para-hydroxylation sites is 1. The minimum Gasteiger partial charge on any atom is -0.260 e. The van der Waals surface area contributed by atoms with Crippen molar-refractivity contribution in [3.05, 3.63) is 102 Å². The van der Waals surface area contributed by atoms with Crippen LogP contribution >= 0.6 is 0 Å². The highest BCUT2D eigenvalue weighted by atomic mass is 14.8. The zero-order valence-electron chi connectivity index (χ0n) is 13.0. The van der Waals surface area contributed by atoms with Crippen LogP contribution in [-0.2, 0) is 18.3 Å². The van der Waals surface area contributed by atoms with E-state index in [9.17, 15) is 0 Å². The normalized spacial score (nSPS) is 14.6. The van der Waals surface area contributed by atoms with E-state index in [4.69, 9.17) is 4.99 Å². The van der Waals surface area contributed by atoms with E-state index < -0.39 is 0 Å². The van der Waals surface area contributed by atoms with Gasteiger partial charge in [-0.25, -0.2) is 0 Å². The molecular formula is C22H19N. The van der Waals surface area contributed by atoms with E-state index in [-0.39, 0.29) is 5.41 Å². The third-order valence-electron chi connectivity index (χ3n) is 4.62. The Morgan fingerprint density at radius 3 is 1.74 bits per heavy atom. The van der Waals surface area contributed by atoms with Gasteiger partial charge in [0.25, 0.3) is 0 Å². The Morgan fingerprint density at radius 1 is 0.609 bits per heavy atom. The molecule has 112 valence electrons. The van der Waals surface area contributed by atoms with Gasteiger partial charge in [0.05, 0.1) is 5.69 Å². The van der Waals surface area contributed by atoms with Gasteiger partial charge in [0.1, 0.15) is 0 Å². The maximum Gasteiger partial charge on any atom is 0.0667 e. The lowest BCUT2D eigenvalue weighted by Gasteiger charge is -2.28. The minimum absolute atomic E-state index is 0.0563. The quantitative estimate of drug-likeness (QED) is 0.633. The van der Waals surface area contributed by atoms with E-state index >= 15 is 0 Å². The number of nitrogens with zero attached hydrogens (tertiary/aromatic N) is 1. The minimum atomic E-state index is -0.0563. The van der Waals surface area contributed by atoms with Crippen molar-refractivity contribution in [1.82, 2.24) is 0 Å². The van der Waals surface area contributed by atoms with Crippen LogP contribution in [-0.4, -0.2) is 6.21 Å². The molecule has 3 aromatic carbocycles. The molecule has 1 nitrogen and oxygen atoms in total. The smallest absolute Gasteiger partial charge is 0.0667 e. The summed E-state index contributed by atoms with van der Waals surface area (Å²) in [5.41, 5.74) is 5.10. The summed E-state index contributed by atoms with van der Waals surface area (Å²) in [6.45, 7) is 0. The molecule has 0 unspecified atom stereocenters. The van der Waals surface area contributed by atoms with Gasteiger partial charge >= 0.3 is 0 Å². The first-order chi connectivity index (χ1) is 11.4. The van der Waals surface area contributed by atoms with Crippen LogP contribution in [0, 0.1) is 0 Å². The lowest BCUT2D eigenvalue weighted by atomic mass is 9.73. The van der Waals surface area contributed by atoms with Crippen molar-refractivity contribution >= 4 is 11.9 Å². The summed E-state index contributed by atoms with van der Waals surface area (Å²) in [7, 11) is 0. The molecule has 0 spiro atoms. The molecule has 0 saturated heterocycles. The van der Waals surface area contributed by atoms with Gasteiger partial charge in [0.2, 0.25) is 0 Å². The van der Waals surface area contributed by atoms with Gasteiger partial charge in [-0.15, -0.1) is 0 Å². The predicted octanol–water partition coefficient (Wildman–Crippen LogP) is 5.13.